The number of hydrogen-bond acceptors (Lipinski definition) is 1. The molecule has 0 radical (unpaired) electrons. The smallest absolute Gasteiger partial charge is 0.168 e. The lowest BCUT2D eigenvalue weighted by molar-refractivity contribution is 0.436. The molecule has 0 aliphatic carbocycles. The van der Waals surface area contributed by atoms with Crippen LogP contribution in [-0.2, 0) is 5.33 Å². The van der Waals surface area contributed by atoms with Crippen molar-refractivity contribution in [1.82, 2.24) is 0 Å². The van der Waals surface area contributed by atoms with Crippen LogP contribution in [0.3, 0.4) is 0 Å². The van der Waals surface area contributed by atoms with Gasteiger partial charge in [-0.05, 0) is 36.8 Å². The molecule has 18 heavy (non-hydrogen) atoms. The fraction of sp³-hybridized carbons (Fsp3) is 0.143. The summed E-state index contributed by atoms with van der Waals surface area (Å²) in [5, 5.41) is 0.438. The molecule has 4 heteroatoms. The van der Waals surface area contributed by atoms with Crippen molar-refractivity contribution in [2.45, 2.75) is 12.3 Å². The lowest BCUT2D eigenvalue weighted by atomic mass is 10.2. The molecule has 0 aliphatic rings. The summed E-state index contributed by atoms with van der Waals surface area (Å²) < 4.78 is 32.4. The van der Waals surface area contributed by atoms with Gasteiger partial charge in [-0.2, -0.15) is 0 Å². The Morgan fingerprint density at radius 1 is 1.11 bits per heavy atom. The maximum absolute atomic E-state index is 13.8. The van der Waals surface area contributed by atoms with E-state index in [9.17, 15) is 8.78 Å². The second-order valence-electron chi connectivity index (χ2n) is 3.87. The van der Waals surface area contributed by atoms with Crippen LogP contribution in [0.1, 0.15) is 11.1 Å². The van der Waals surface area contributed by atoms with Gasteiger partial charge in [0.15, 0.2) is 11.6 Å². The van der Waals surface area contributed by atoms with Gasteiger partial charge in [-0.25, -0.2) is 8.78 Å². The summed E-state index contributed by atoms with van der Waals surface area (Å²) in [6.45, 7) is 1.66. The quantitative estimate of drug-likeness (QED) is 0.728. The van der Waals surface area contributed by atoms with E-state index >= 15 is 0 Å². The summed E-state index contributed by atoms with van der Waals surface area (Å²) in [5.41, 5.74) is 1.14. The van der Waals surface area contributed by atoms with Crippen LogP contribution in [0, 0.1) is 18.6 Å². The molecule has 0 fully saturated rings. The van der Waals surface area contributed by atoms with Gasteiger partial charge in [0.25, 0.3) is 0 Å². The number of hydrogen-bond donors (Lipinski definition) is 0. The molecule has 0 heterocycles. The summed E-state index contributed by atoms with van der Waals surface area (Å²) in [6, 6.07) is 9.06. The molecular weight excluding hydrogens is 302 g/mol. The van der Waals surface area contributed by atoms with Gasteiger partial charge in [0.1, 0.15) is 11.6 Å². The third kappa shape index (κ3) is 2.70. The molecule has 2 aromatic carbocycles. The molecule has 0 bridgehead atoms. The predicted octanol–water partition coefficient (Wildman–Crippen LogP) is 4.96. The zero-order chi connectivity index (χ0) is 13.1. The van der Waals surface area contributed by atoms with E-state index in [2.05, 4.69) is 15.9 Å². The Bertz CT molecular complexity index is 570. The van der Waals surface area contributed by atoms with Gasteiger partial charge in [-0.1, -0.05) is 28.1 Å². The van der Waals surface area contributed by atoms with Crippen LogP contribution in [0.25, 0.3) is 0 Å². The van der Waals surface area contributed by atoms with Gasteiger partial charge in [0.05, 0.1) is 0 Å². The number of benzene rings is 2. The van der Waals surface area contributed by atoms with Crippen molar-refractivity contribution in [3.05, 3.63) is 59.2 Å². The number of alkyl halides is 1. The van der Waals surface area contributed by atoms with Crippen molar-refractivity contribution < 1.29 is 13.5 Å². The first-order chi connectivity index (χ1) is 8.61. The Morgan fingerprint density at radius 2 is 1.89 bits per heavy atom. The number of rotatable bonds is 3. The molecule has 2 rings (SSSR count). The normalized spacial score (nSPS) is 10.4. The summed E-state index contributed by atoms with van der Waals surface area (Å²) in [4.78, 5) is 0. The molecule has 0 saturated carbocycles. The van der Waals surface area contributed by atoms with E-state index in [0.29, 0.717) is 22.2 Å². The van der Waals surface area contributed by atoms with Gasteiger partial charge in [-0.3, -0.25) is 0 Å². The minimum Gasteiger partial charge on any atom is -0.454 e. The van der Waals surface area contributed by atoms with Crippen molar-refractivity contribution in [3.8, 4) is 11.5 Å². The monoisotopic (exact) mass is 312 g/mol. The molecule has 0 amide bonds. The average Bonchev–Trinajstić information content (AvgIpc) is 2.37. The van der Waals surface area contributed by atoms with Crippen LogP contribution in [0.4, 0.5) is 8.78 Å². The van der Waals surface area contributed by atoms with E-state index in [1.54, 1.807) is 25.1 Å². The Balaban J connectivity index is 2.37. The molecule has 0 aromatic heterocycles. The summed E-state index contributed by atoms with van der Waals surface area (Å²) >= 11 is 3.25. The molecular formula is C14H11BrF2O. The standard InChI is InChI=1S/C14H11BrF2O/c1-9-3-2-4-13(14(9)17)18-12-6-5-11(16)7-10(12)8-15/h2-7H,8H2,1H3. The molecule has 0 spiro atoms. The molecule has 94 valence electrons. The molecule has 1 nitrogen and oxygen atoms in total. The first-order valence-electron chi connectivity index (χ1n) is 5.39. The van der Waals surface area contributed by atoms with Crippen LogP contribution >= 0.6 is 15.9 Å². The predicted molar refractivity (Wildman–Crippen MR) is 70.2 cm³/mol. The molecule has 0 unspecified atom stereocenters. The highest BCUT2D eigenvalue weighted by atomic mass is 79.9. The molecule has 0 N–H and O–H groups in total. The Morgan fingerprint density at radius 3 is 2.61 bits per heavy atom. The summed E-state index contributed by atoms with van der Waals surface area (Å²) in [7, 11) is 0. The van der Waals surface area contributed by atoms with Gasteiger partial charge in [0, 0.05) is 10.9 Å². The molecule has 0 saturated heterocycles. The third-order valence-corrected chi connectivity index (χ3v) is 3.15. The van der Waals surface area contributed by atoms with Crippen LogP contribution in [-0.4, -0.2) is 0 Å². The molecule has 0 aliphatic heterocycles. The number of ether oxygens (including phenoxy) is 1. The second-order valence-corrected chi connectivity index (χ2v) is 4.44. The van der Waals surface area contributed by atoms with Gasteiger partial charge in [0.2, 0.25) is 0 Å². The number of aryl methyl sites for hydroxylation is 1. The zero-order valence-corrected chi connectivity index (χ0v) is 11.3. The number of halogens is 3. The van der Waals surface area contributed by atoms with Crippen LogP contribution < -0.4 is 4.74 Å². The van der Waals surface area contributed by atoms with Crippen molar-refractivity contribution in [1.29, 1.82) is 0 Å². The topological polar surface area (TPSA) is 9.23 Å². The fourth-order valence-electron chi connectivity index (χ4n) is 1.57. The largest absolute Gasteiger partial charge is 0.454 e. The van der Waals surface area contributed by atoms with E-state index in [1.165, 1.54) is 18.2 Å². The molecule has 2 aromatic rings. The SMILES string of the molecule is Cc1cccc(Oc2ccc(F)cc2CBr)c1F. The highest BCUT2D eigenvalue weighted by Crippen LogP contribution is 2.30. The second kappa shape index (κ2) is 5.48. The minimum absolute atomic E-state index is 0.142. The Labute approximate surface area is 113 Å². The summed E-state index contributed by atoms with van der Waals surface area (Å²) in [6.07, 6.45) is 0. The van der Waals surface area contributed by atoms with E-state index in [0.717, 1.165) is 0 Å². The van der Waals surface area contributed by atoms with Gasteiger partial charge in [-0.15, -0.1) is 0 Å². The maximum Gasteiger partial charge on any atom is 0.168 e. The van der Waals surface area contributed by atoms with E-state index in [4.69, 9.17) is 4.74 Å². The highest BCUT2D eigenvalue weighted by Gasteiger charge is 2.10. The van der Waals surface area contributed by atoms with Crippen molar-refractivity contribution in [3.63, 3.8) is 0 Å². The van der Waals surface area contributed by atoms with Crippen LogP contribution in [0.15, 0.2) is 36.4 Å². The summed E-state index contributed by atoms with van der Waals surface area (Å²) in [5.74, 6) is -0.162. The average molecular weight is 313 g/mol. The lowest BCUT2D eigenvalue weighted by Crippen LogP contribution is -1.94. The van der Waals surface area contributed by atoms with Crippen LogP contribution in [0.2, 0.25) is 0 Å². The first kappa shape index (κ1) is 13.0. The maximum atomic E-state index is 13.8. The van der Waals surface area contributed by atoms with Gasteiger partial charge < -0.3 is 4.74 Å². The van der Waals surface area contributed by atoms with E-state index < -0.39 is 5.82 Å². The zero-order valence-electron chi connectivity index (χ0n) is 9.71. The fourth-order valence-corrected chi connectivity index (χ4v) is 2.01. The van der Waals surface area contributed by atoms with Gasteiger partial charge >= 0.3 is 0 Å². The van der Waals surface area contributed by atoms with Crippen LogP contribution in [0.5, 0.6) is 11.5 Å². The van der Waals surface area contributed by atoms with E-state index in [-0.39, 0.29) is 11.6 Å². The van der Waals surface area contributed by atoms with E-state index in [1.807, 2.05) is 0 Å². The molecule has 0 atom stereocenters. The van der Waals surface area contributed by atoms with Crippen molar-refractivity contribution in [2.24, 2.45) is 0 Å². The van der Waals surface area contributed by atoms with Crippen molar-refractivity contribution >= 4 is 15.9 Å². The lowest BCUT2D eigenvalue weighted by Gasteiger charge is -2.11. The third-order valence-electron chi connectivity index (χ3n) is 2.54. The van der Waals surface area contributed by atoms with Crippen molar-refractivity contribution in [2.75, 3.05) is 0 Å². The first-order valence-corrected chi connectivity index (χ1v) is 6.51. The Hall–Kier alpha value is -1.42. The Kier molecular flexibility index (Phi) is 3.97. The highest BCUT2D eigenvalue weighted by molar-refractivity contribution is 9.08. The minimum atomic E-state index is -0.401.